The van der Waals surface area contributed by atoms with Crippen molar-refractivity contribution in [1.82, 2.24) is 9.55 Å². The normalized spacial score (nSPS) is 18.3. The first kappa shape index (κ1) is 12.6. The Labute approximate surface area is 123 Å². The molecule has 0 radical (unpaired) electrons. The number of fused-ring (bicyclic) bond motifs is 2. The van der Waals surface area contributed by atoms with Crippen LogP contribution < -0.4 is 0 Å². The summed E-state index contributed by atoms with van der Waals surface area (Å²) in [5.74, 6) is 1.20. The van der Waals surface area contributed by atoms with Crippen molar-refractivity contribution in [3.63, 3.8) is 0 Å². The molecule has 2 unspecified atom stereocenters. The average molecular weight is 278 g/mol. The quantitative estimate of drug-likeness (QED) is 0.800. The number of para-hydroxylation sites is 2. The van der Waals surface area contributed by atoms with Crippen molar-refractivity contribution in [2.45, 2.75) is 24.9 Å². The van der Waals surface area contributed by atoms with E-state index in [4.69, 9.17) is 0 Å². The number of aryl methyl sites for hydroxylation is 1. The van der Waals surface area contributed by atoms with Crippen molar-refractivity contribution in [3.05, 3.63) is 65.5 Å². The first-order valence-electron chi connectivity index (χ1n) is 7.40. The van der Waals surface area contributed by atoms with E-state index in [0.29, 0.717) is 6.42 Å². The lowest BCUT2D eigenvalue weighted by Gasteiger charge is -2.33. The molecule has 4 rings (SSSR count). The minimum Gasteiger partial charge on any atom is -0.392 e. The van der Waals surface area contributed by atoms with Crippen LogP contribution in [0.2, 0.25) is 0 Å². The van der Waals surface area contributed by atoms with E-state index >= 15 is 0 Å². The maximum atomic E-state index is 10.6. The summed E-state index contributed by atoms with van der Waals surface area (Å²) in [7, 11) is 2.02. The van der Waals surface area contributed by atoms with Gasteiger partial charge in [-0.15, -0.1) is 0 Å². The Morgan fingerprint density at radius 3 is 2.76 bits per heavy atom. The number of benzene rings is 2. The van der Waals surface area contributed by atoms with Crippen LogP contribution in [0.5, 0.6) is 0 Å². The largest absolute Gasteiger partial charge is 0.392 e. The van der Waals surface area contributed by atoms with Gasteiger partial charge in [0, 0.05) is 19.4 Å². The molecular formula is C18H18N2O. The molecule has 0 bridgehead atoms. The molecule has 2 atom stereocenters. The van der Waals surface area contributed by atoms with E-state index in [1.807, 2.05) is 31.3 Å². The van der Waals surface area contributed by atoms with Gasteiger partial charge >= 0.3 is 0 Å². The minimum atomic E-state index is -0.365. The molecule has 21 heavy (non-hydrogen) atoms. The standard InChI is InChI=1S/C18H18N2O/c1-20-16-9-5-4-8-15(16)19-18(20)11-17(21)14-10-12-6-2-3-7-13(12)14/h2-9,14,17,21H,10-11H2,1H3. The fraction of sp³-hybridized carbons (Fsp3) is 0.278. The lowest BCUT2D eigenvalue weighted by molar-refractivity contribution is 0.130. The maximum Gasteiger partial charge on any atom is 0.112 e. The van der Waals surface area contributed by atoms with E-state index < -0.39 is 0 Å². The zero-order valence-corrected chi connectivity index (χ0v) is 12.0. The van der Waals surface area contributed by atoms with Gasteiger partial charge in [0.2, 0.25) is 0 Å². The first-order valence-corrected chi connectivity index (χ1v) is 7.40. The Morgan fingerprint density at radius 1 is 1.19 bits per heavy atom. The van der Waals surface area contributed by atoms with Crippen molar-refractivity contribution in [2.75, 3.05) is 0 Å². The van der Waals surface area contributed by atoms with E-state index in [1.54, 1.807) is 0 Å². The van der Waals surface area contributed by atoms with Crippen LogP contribution in [0.1, 0.15) is 22.9 Å². The number of nitrogens with zero attached hydrogens (tertiary/aromatic N) is 2. The highest BCUT2D eigenvalue weighted by atomic mass is 16.3. The lowest BCUT2D eigenvalue weighted by Crippen LogP contribution is -2.31. The zero-order valence-electron chi connectivity index (χ0n) is 12.0. The third-order valence-corrected chi connectivity index (χ3v) is 4.63. The van der Waals surface area contributed by atoms with E-state index in [2.05, 4.69) is 33.8 Å². The Balaban J connectivity index is 1.60. The van der Waals surface area contributed by atoms with Gasteiger partial charge < -0.3 is 9.67 Å². The molecule has 1 aliphatic carbocycles. The van der Waals surface area contributed by atoms with Gasteiger partial charge in [-0.1, -0.05) is 36.4 Å². The molecule has 0 saturated carbocycles. The number of rotatable bonds is 3. The summed E-state index contributed by atoms with van der Waals surface area (Å²) < 4.78 is 2.09. The molecule has 3 aromatic rings. The van der Waals surface area contributed by atoms with E-state index in [0.717, 1.165) is 23.3 Å². The molecular weight excluding hydrogens is 260 g/mol. The van der Waals surface area contributed by atoms with Crippen molar-refractivity contribution in [2.24, 2.45) is 7.05 Å². The highest BCUT2D eigenvalue weighted by molar-refractivity contribution is 5.75. The molecule has 1 N–H and O–H groups in total. The second-order valence-electron chi connectivity index (χ2n) is 5.86. The Hall–Kier alpha value is -2.13. The topological polar surface area (TPSA) is 38.0 Å². The average Bonchev–Trinajstić information content (AvgIpc) is 2.77. The summed E-state index contributed by atoms with van der Waals surface area (Å²) in [5.41, 5.74) is 4.78. The molecule has 3 nitrogen and oxygen atoms in total. The fourth-order valence-electron chi connectivity index (χ4n) is 3.35. The van der Waals surface area contributed by atoms with E-state index in [1.165, 1.54) is 11.1 Å². The van der Waals surface area contributed by atoms with Gasteiger partial charge in [-0.3, -0.25) is 0 Å². The maximum absolute atomic E-state index is 10.6. The molecule has 1 aromatic heterocycles. The SMILES string of the molecule is Cn1c(CC(O)C2Cc3ccccc32)nc2ccccc21. The van der Waals surface area contributed by atoms with Crippen molar-refractivity contribution in [1.29, 1.82) is 0 Å². The Bertz CT molecular complexity index is 806. The summed E-state index contributed by atoms with van der Waals surface area (Å²) in [5, 5.41) is 10.6. The smallest absolute Gasteiger partial charge is 0.112 e. The van der Waals surface area contributed by atoms with Crippen LogP contribution in [0.4, 0.5) is 0 Å². The summed E-state index contributed by atoms with van der Waals surface area (Å²) in [4.78, 5) is 4.65. The predicted molar refractivity (Wildman–Crippen MR) is 83.3 cm³/mol. The zero-order chi connectivity index (χ0) is 14.4. The molecule has 0 fully saturated rings. The predicted octanol–water partition coefficient (Wildman–Crippen LogP) is 2.82. The Kier molecular flexibility index (Phi) is 2.82. The third-order valence-electron chi connectivity index (χ3n) is 4.63. The van der Waals surface area contributed by atoms with Gasteiger partial charge in [0.25, 0.3) is 0 Å². The molecule has 3 heteroatoms. The van der Waals surface area contributed by atoms with Crippen LogP contribution in [-0.4, -0.2) is 20.8 Å². The molecule has 1 heterocycles. The van der Waals surface area contributed by atoms with Crippen LogP contribution in [-0.2, 0) is 19.9 Å². The molecule has 0 aliphatic heterocycles. The summed E-state index contributed by atoms with van der Waals surface area (Å²) in [6.45, 7) is 0. The fourth-order valence-corrected chi connectivity index (χ4v) is 3.35. The van der Waals surface area contributed by atoms with Gasteiger partial charge in [0.1, 0.15) is 5.82 Å². The molecule has 2 aromatic carbocycles. The van der Waals surface area contributed by atoms with Crippen molar-refractivity contribution in [3.8, 4) is 0 Å². The van der Waals surface area contributed by atoms with Crippen molar-refractivity contribution < 1.29 is 5.11 Å². The van der Waals surface area contributed by atoms with Crippen LogP contribution in [0.3, 0.4) is 0 Å². The van der Waals surface area contributed by atoms with Gasteiger partial charge in [0.15, 0.2) is 0 Å². The summed E-state index contributed by atoms with van der Waals surface area (Å²) in [6.07, 6.45) is 1.21. The van der Waals surface area contributed by atoms with Crippen molar-refractivity contribution >= 4 is 11.0 Å². The first-order chi connectivity index (χ1) is 10.2. The molecule has 1 aliphatic rings. The van der Waals surface area contributed by atoms with E-state index in [-0.39, 0.29) is 12.0 Å². The molecule has 0 spiro atoms. The number of aromatic nitrogens is 2. The van der Waals surface area contributed by atoms with Crippen LogP contribution in [0.15, 0.2) is 48.5 Å². The molecule has 0 amide bonds. The second kappa shape index (κ2) is 4.71. The van der Waals surface area contributed by atoms with Gasteiger partial charge in [-0.2, -0.15) is 0 Å². The number of hydrogen-bond acceptors (Lipinski definition) is 2. The van der Waals surface area contributed by atoms with Crippen LogP contribution in [0, 0.1) is 0 Å². The van der Waals surface area contributed by atoms with Crippen LogP contribution >= 0.6 is 0 Å². The summed E-state index contributed by atoms with van der Waals surface area (Å²) >= 11 is 0. The monoisotopic (exact) mass is 278 g/mol. The number of aliphatic hydroxyl groups is 1. The highest BCUT2D eigenvalue weighted by Crippen LogP contribution is 2.38. The van der Waals surface area contributed by atoms with Gasteiger partial charge in [-0.05, 0) is 29.7 Å². The lowest BCUT2D eigenvalue weighted by atomic mass is 9.74. The number of hydrogen-bond donors (Lipinski definition) is 1. The third kappa shape index (κ3) is 1.96. The van der Waals surface area contributed by atoms with Gasteiger partial charge in [0.05, 0.1) is 17.1 Å². The Morgan fingerprint density at radius 2 is 1.95 bits per heavy atom. The van der Waals surface area contributed by atoms with Gasteiger partial charge in [-0.25, -0.2) is 4.98 Å². The molecule has 106 valence electrons. The summed E-state index contributed by atoms with van der Waals surface area (Å²) in [6, 6.07) is 16.5. The minimum absolute atomic E-state index is 0.251. The number of aliphatic hydroxyl groups excluding tert-OH is 1. The van der Waals surface area contributed by atoms with Crippen LogP contribution in [0.25, 0.3) is 11.0 Å². The highest BCUT2D eigenvalue weighted by Gasteiger charge is 2.32. The second-order valence-corrected chi connectivity index (χ2v) is 5.86. The van der Waals surface area contributed by atoms with E-state index in [9.17, 15) is 5.11 Å². The molecule has 0 saturated heterocycles. The number of imidazole rings is 1.